The standard InChI is InChI=1S/C25H26N2O6S/c1-17-12-14-20(15-13-17)27(3)34(30,31)21-9-7-8-19(16-21)25(29)33-18(2)24(28)26-22-10-5-6-11-23(22)32-4/h5-16,18H,1-4H3,(H,26,28)/t18-/m0/s1. The molecule has 0 unspecified atom stereocenters. The van der Waals surface area contributed by atoms with Crippen molar-refractivity contribution in [2.45, 2.75) is 24.8 Å². The van der Waals surface area contributed by atoms with Gasteiger partial charge in [-0.2, -0.15) is 0 Å². The van der Waals surface area contributed by atoms with Crippen LogP contribution in [0.4, 0.5) is 11.4 Å². The van der Waals surface area contributed by atoms with Crippen LogP contribution in [0.3, 0.4) is 0 Å². The van der Waals surface area contributed by atoms with E-state index in [1.165, 1.54) is 45.3 Å². The monoisotopic (exact) mass is 482 g/mol. The molecule has 3 rings (SSSR count). The molecular formula is C25H26N2O6S. The number of anilines is 2. The van der Waals surface area contributed by atoms with Gasteiger partial charge in [0.1, 0.15) is 5.75 Å². The van der Waals surface area contributed by atoms with E-state index in [1.54, 1.807) is 36.4 Å². The average Bonchev–Trinajstić information content (AvgIpc) is 2.84. The number of aryl methyl sites for hydroxylation is 1. The van der Waals surface area contributed by atoms with Crippen molar-refractivity contribution in [1.29, 1.82) is 0 Å². The number of methoxy groups -OCH3 is 1. The second-order valence-electron chi connectivity index (χ2n) is 7.57. The van der Waals surface area contributed by atoms with Gasteiger partial charge < -0.3 is 14.8 Å². The van der Waals surface area contributed by atoms with Crippen molar-refractivity contribution in [3.8, 4) is 5.75 Å². The van der Waals surface area contributed by atoms with Gasteiger partial charge in [0, 0.05) is 7.05 Å². The third-order valence-electron chi connectivity index (χ3n) is 5.14. The highest BCUT2D eigenvalue weighted by Gasteiger charge is 2.24. The van der Waals surface area contributed by atoms with Gasteiger partial charge >= 0.3 is 5.97 Å². The molecule has 9 heteroatoms. The summed E-state index contributed by atoms with van der Waals surface area (Å²) in [5, 5.41) is 2.65. The first kappa shape index (κ1) is 24.8. The molecule has 34 heavy (non-hydrogen) atoms. The van der Waals surface area contributed by atoms with E-state index in [2.05, 4.69) is 5.32 Å². The van der Waals surface area contributed by atoms with Crippen LogP contribution >= 0.6 is 0 Å². The number of rotatable bonds is 8. The van der Waals surface area contributed by atoms with Crippen molar-refractivity contribution in [2.24, 2.45) is 0 Å². The zero-order chi connectivity index (χ0) is 24.9. The van der Waals surface area contributed by atoms with Gasteiger partial charge in [-0.05, 0) is 56.3 Å². The zero-order valence-corrected chi connectivity index (χ0v) is 20.1. The first-order chi connectivity index (χ1) is 16.1. The van der Waals surface area contributed by atoms with Crippen LogP contribution in [0.25, 0.3) is 0 Å². The number of ether oxygens (including phenoxy) is 2. The van der Waals surface area contributed by atoms with E-state index in [1.807, 2.05) is 19.1 Å². The van der Waals surface area contributed by atoms with Crippen LogP contribution in [0.1, 0.15) is 22.8 Å². The van der Waals surface area contributed by atoms with E-state index in [0.717, 1.165) is 9.87 Å². The summed E-state index contributed by atoms with van der Waals surface area (Å²) in [5.41, 5.74) is 1.93. The molecule has 0 radical (unpaired) electrons. The minimum Gasteiger partial charge on any atom is -0.495 e. The number of esters is 1. The second kappa shape index (κ2) is 10.4. The average molecular weight is 483 g/mol. The van der Waals surface area contributed by atoms with E-state index >= 15 is 0 Å². The molecule has 0 aromatic heterocycles. The van der Waals surface area contributed by atoms with Gasteiger partial charge in [0.25, 0.3) is 15.9 Å². The van der Waals surface area contributed by atoms with Crippen molar-refractivity contribution in [3.63, 3.8) is 0 Å². The summed E-state index contributed by atoms with van der Waals surface area (Å²) in [5.74, 6) is -0.913. The SMILES string of the molecule is COc1ccccc1NC(=O)[C@H](C)OC(=O)c1cccc(S(=O)(=O)N(C)c2ccc(C)cc2)c1. The number of carbonyl (C=O) groups excluding carboxylic acids is 2. The summed E-state index contributed by atoms with van der Waals surface area (Å²) < 4.78 is 37.8. The summed E-state index contributed by atoms with van der Waals surface area (Å²) in [6.45, 7) is 3.33. The molecule has 8 nitrogen and oxygen atoms in total. The Hall–Kier alpha value is -3.85. The summed E-state index contributed by atoms with van der Waals surface area (Å²) >= 11 is 0. The van der Waals surface area contributed by atoms with Crippen LogP contribution in [-0.4, -0.2) is 40.6 Å². The molecule has 1 amide bonds. The van der Waals surface area contributed by atoms with Crippen molar-refractivity contribution in [1.82, 2.24) is 0 Å². The molecule has 0 saturated carbocycles. The Kier molecular flexibility index (Phi) is 7.57. The molecule has 1 atom stereocenters. The highest BCUT2D eigenvalue weighted by Crippen LogP contribution is 2.25. The number of nitrogens with one attached hydrogen (secondary N) is 1. The summed E-state index contributed by atoms with van der Waals surface area (Å²) in [6, 6.07) is 19.4. The van der Waals surface area contributed by atoms with Crippen molar-refractivity contribution in [3.05, 3.63) is 83.9 Å². The molecule has 0 aliphatic rings. The van der Waals surface area contributed by atoms with Gasteiger partial charge in [-0.1, -0.05) is 35.9 Å². The molecule has 178 valence electrons. The fourth-order valence-electron chi connectivity index (χ4n) is 3.10. The van der Waals surface area contributed by atoms with Crippen molar-refractivity contribution in [2.75, 3.05) is 23.8 Å². The van der Waals surface area contributed by atoms with Crippen LogP contribution in [0.2, 0.25) is 0 Å². The zero-order valence-electron chi connectivity index (χ0n) is 19.3. The van der Waals surface area contributed by atoms with Crippen LogP contribution in [0.5, 0.6) is 5.75 Å². The number of sulfonamides is 1. The Morgan fingerprint density at radius 2 is 1.65 bits per heavy atom. The smallest absolute Gasteiger partial charge is 0.338 e. The minimum atomic E-state index is -3.92. The van der Waals surface area contributed by atoms with Crippen molar-refractivity contribution < 1.29 is 27.5 Å². The van der Waals surface area contributed by atoms with Gasteiger partial charge in [0.2, 0.25) is 0 Å². The Morgan fingerprint density at radius 3 is 2.32 bits per heavy atom. The third kappa shape index (κ3) is 5.55. The Bertz CT molecular complexity index is 1290. The Morgan fingerprint density at radius 1 is 0.971 bits per heavy atom. The van der Waals surface area contributed by atoms with E-state index in [0.29, 0.717) is 17.1 Å². The summed E-state index contributed by atoms with van der Waals surface area (Å²) in [7, 11) is -1.00. The largest absolute Gasteiger partial charge is 0.495 e. The molecule has 0 fully saturated rings. The predicted octanol–water partition coefficient (Wildman–Crippen LogP) is 4.01. The highest BCUT2D eigenvalue weighted by molar-refractivity contribution is 7.92. The normalized spacial score (nSPS) is 11.9. The maximum Gasteiger partial charge on any atom is 0.338 e. The van der Waals surface area contributed by atoms with Crippen LogP contribution in [-0.2, 0) is 19.6 Å². The number of amides is 1. The summed E-state index contributed by atoms with van der Waals surface area (Å²) in [4.78, 5) is 25.1. The molecule has 3 aromatic carbocycles. The van der Waals surface area contributed by atoms with Crippen molar-refractivity contribution >= 4 is 33.3 Å². The van der Waals surface area contributed by atoms with Crippen LogP contribution in [0, 0.1) is 6.92 Å². The number of hydrogen-bond acceptors (Lipinski definition) is 6. The van der Waals surface area contributed by atoms with Gasteiger partial charge in [0.05, 0.1) is 28.9 Å². The number of hydrogen-bond donors (Lipinski definition) is 1. The molecule has 3 aromatic rings. The lowest BCUT2D eigenvalue weighted by Crippen LogP contribution is -2.30. The summed E-state index contributed by atoms with van der Waals surface area (Å²) in [6.07, 6.45) is -1.13. The third-order valence-corrected chi connectivity index (χ3v) is 6.93. The maximum absolute atomic E-state index is 13.1. The second-order valence-corrected chi connectivity index (χ2v) is 9.54. The van der Waals surface area contributed by atoms with Gasteiger partial charge in [-0.3, -0.25) is 9.10 Å². The quantitative estimate of drug-likeness (QED) is 0.487. The molecule has 0 aliphatic carbocycles. The van der Waals surface area contributed by atoms with Crippen LogP contribution in [0.15, 0.2) is 77.7 Å². The van der Waals surface area contributed by atoms with Gasteiger partial charge in [-0.25, -0.2) is 13.2 Å². The lowest BCUT2D eigenvalue weighted by molar-refractivity contribution is -0.123. The first-order valence-corrected chi connectivity index (χ1v) is 11.9. The lowest BCUT2D eigenvalue weighted by atomic mass is 10.2. The minimum absolute atomic E-state index is 0.00956. The van der Waals surface area contributed by atoms with Gasteiger partial charge in [0.15, 0.2) is 6.10 Å². The molecule has 0 spiro atoms. The molecular weight excluding hydrogens is 456 g/mol. The van der Waals surface area contributed by atoms with E-state index in [9.17, 15) is 18.0 Å². The molecule has 0 bridgehead atoms. The molecule has 0 heterocycles. The number of para-hydroxylation sites is 2. The fourth-order valence-corrected chi connectivity index (χ4v) is 4.34. The molecule has 0 aliphatic heterocycles. The van der Waals surface area contributed by atoms with E-state index in [-0.39, 0.29) is 10.5 Å². The predicted molar refractivity (Wildman–Crippen MR) is 130 cm³/mol. The Balaban J connectivity index is 1.73. The fraction of sp³-hybridized carbons (Fsp3) is 0.200. The molecule has 0 saturated heterocycles. The lowest BCUT2D eigenvalue weighted by Gasteiger charge is -2.20. The maximum atomic E-state index is 13.1. The number of benzene rings is 3. The van der Waals surface area contributed by atoms with Crippen LogP contribution < -0.4 is 14.4 Å². The van der Waals surface area contributed by atoms with E-state index < -0.39 is 28.0 Å². The Labute approximate surface area is 199 Å². The number of nitrogens with zero attached hydrogens (tertiary/aromatic N) is 1. The topological polar surface area (TPSA) is 102 Å². The van der Waals surface area contributed by atoms with Gasteiger partial charge in [-0.15, -0.1) is 0 Å². The first-order valence-electron chi connectivity index (χ1n) is 10.4. The number of carbonyl (C=O) groups is 2. The molecule has 1 N–H and O–H groups in total. The highest BCUT2D eigenvalue weighted by atomic mass is 32.2. The van der Waals surface area contributed by atoms with E-state index in [4.69, 9.17) is 9.47 Å².